The summed E-state index contributed by atoms with van der Waals surface area (Å²) in [5.41, 5.74) is 5.51. The van der Waals surface area contributed by atoms with Gasteiger partial charge >= 0.3 is 11.9 Å². The Morgan fingerprint density at radius 3 is 2.68 bits per heavy atom. The van der Waals surface area contributed by atoms with Gasteiger partial charge in [0.15, 0.2) is 6.04 Å². The van der Waals surface area contributed by atoms with Crippen molar-refractivity contribution < 1.29 is 23.8 Å². The first kappa shape index (κ1) is 16.5. The summed E-state index contributed by atoms with van der Waals surface area (Å²) in [6.07, 6.45) is 1.15. The minimum Gasteiger partial charge on any atom is -0.480 e. The zero-order valence-corrected chi connectivity index (χ0v) is 13.0. The number of nitrogens with zero attached hydrogens (tertiary/aromatic N) is 1. The van der Waals surface area contributed by atoms with Crippen LogP contribution in [0.1, 0.15) is 39.0 Å². The summed E-state index contributed by atoms with van der Waals surface area (Å²) in [7, 11) is 0. The van der Waals surface area contributed by atoms with E-state index in [0.29, 0.717) is 18.7 Å². The largest absolute Gasteiger partial charge is 0.480 e. The van der Waals surface area contributed by atoms with E-state index in [0.717, 1.165) is 0 Å². The smallest absolute Gasteiger partial charge is 0.328 e. The van der Waals surface area contributed by atoms with Crippen molar-refractivity contribution in [3.05, 3.63) is 24.2 Å². The monoisotopic (exact) mass is 310 g/mol. The molecule has 2 heterocycles. The molecule has 0 bridgehead atoms. The van der Waals surface area contributed by atoms with E-state index in [-0.39, 0.29) is 0 Å². The van der Waals surface area contributed by atoms with Crippen molar-refractivity contribution in [2.45, 2.75) is 45.0 Å². The van der Waals surface area contributed by atoms with Crippen LogP contribution in [-0.4, -0.2) is 40.3 Å². The Kier molecular flexibility index (Phi) is 4.58. The Bertz CT molecular complexity index is 535. The van der Waals surface area contributed by atoms with Crippen LogP contribution in [0.2, 0.25) is 0 Å². The SMILES string of the molecule is CC(C)(C)OC(=O)[C@H]1CCN([C@@H](C(=O)O)c2ccco2)[C@H]1N. The first-order chi connectivity index (χ1) is 10.2. The lowest BCUT2D eigenvalue weighted by molar-refractivity contribution is -0.161. The Labute approximate surface area is 129 Å². The number of carboxylic acids is 1. The molecule has 1 aromatic rings. The summed E-state index contributed by atoms with van der Waals surface area (Å²) in [5.74, 6) is -1.70. The van der Waals surface area contributed by atoms with Crippen LogP contribution in [0, 0.1) is 5.92 Å². The Morgan fingerprint density at radius 2 is 2.18 bits per heavy atom. The third kappa shape index (κ3) is 3.48. The molecule has 0 spiro atoms. The predicted octanol–water partition coefficient (Wildman–Crippen LogP) is 1.35. The van der Waals surface area contributed by atoms with Crippen LogP contribution in [0.4, 0.5) is 0 Å². The molecule has 0 radical (unpaired) electrons. The fraction of sp³-hybridized carbons (Fsp3) is 0.600. The summed E-state index contributed by atoms with van der Waals surface area (Å²) in [4.78, 5) is 25.3. The van der Waals surface area contributed by atoms with Crippen LogP contribution in [0.25, 0.3) is 0 Å². The molecule has 0 amide bonds. The van der Waals surface area contributed by atoms with Gasteiger partial charge < -0.3 is 20.0 Å². The number of aliphatic carboxylic acids is 1. The molecular formula is C15H22N2O5. The molecule has 122 valence electrons. The molecule has 22 heavy (non-hydrogen) atoms. The number of hydrogen-bond acceptors (Lipinski definition) is 6. The maximum Gasteiger partial charge on any atom is 0.328 e. The summed E-state index contributed by atoms with van der Waals surface area (Å²) in [6, 6.07) is 2.21. The normalized spacial score (nSPS) is 24.2. The molecular weight excluding hydrogens is 288 g/mol. The Hall–Kier alpha value is -1.86. The van der Waals surface area contributed by atoms with Gasteiger partial charge in [-0.2, -0.15) is 0 Å². The molecule has 1 aromatic heterocycles. The number of hydrogen-bond donors (Lipinski definition) is 2. The molecule has 0 saturated carbocycles. The van der Waals surface area contributed by atoms with Gasteiger partial charge in [-0.1, -0.05) is 0 Å². The molecule has 0 aliphatic carbocycles. The van der Waals surface area contributed by atoms with Crippen LogP contribution in [0.5, 0.6) is 0 Å². The average molecular weight is 310 g/mol. The second-order valence-electron chi connectivity index (χ2n) is 6.41. The number of ether oxygens (including phenoxy) is 1. The highest BCUT2D eigenvalue weighted by molar-refractivity contribution is 5.76. The maximum absolute atomic E-state index is 12.2. The number of nitrogens with two attached hydrogens (primary N) is 1. The van der Waals surface area contributed by atoms with Gasteiger partial charge in [0.25, 0.3) is 0 Å². The lowest BCUT2D eigenvalue weighted by Crippen LogP contribution is -2.47. The molecule has 7 heteroatoms. The molecule has 0 unspecified atom stereocenters. The van der Waals surface area contributed by atoms with Crippen LogP contribution < -0.4 is 5.73 Å². The molecule has 2 rings (SSSR count). The van der Waals surface area contributed by atoms with Gasteiger partial charge in [0.2, 0.25) is 0 Å². The Balaban J connectivity index is 2.14. The number of esters is 1. The summed E-state index contributed by atoms with van der Waals surface area (Å²) in [5, 5.41) is 9.46. The van der Waals surface area contributed by atoms with Gasteiger partial charge in [-0.25, -0.2) is 0 Å². The number of carbonyl (C=O) groups excluding carboxylic acids is 1. The van der Waals surface area contributed by atoms with E-state index in [1.807, 2.05) is 0 Å². The van der Waals surface area contributed by atoms with Gasteiger partial charge in [0.05, 0.1) is 18.3 Å². The highest BCUT2D eigenvalue weighted by Crippen LogP contribution is 2.32. The fourth-order valence-corrected chi connectivity index (χ4v) is 2.65. The predicted molar refractivity (Wildman–Crippen MR) is 77.7 cm³/mol. The first-order valence-corrected chi connectivity index (χ1v) is 7.21. The minimum absolute atomic E-state index is 0.299. The Morgan fingerprint density at radius 1 is 1.50 bits per heavy atom. The van der Waals surface area contributed by atoms with Crippen molar-refractivity contribution in [3.63, 3.8) is 0 Å². The van der Waals surface area contributed by atoms with Gasteiger partial charge in [-0.05, 0) is 39.3 Å². The van der Waals surface area contributed by atoms with Crippen LogP contribution in [-0.2, 0) is 14.3 Å². The first-order valence-electron chi connectivity index (χ1n) is 7.21. The van der Waals surface area contributed by atoms with E-state index < -0.39 is 35.7 Å². The molecule has 1 aliphatic rings. The van der Waals surface area contributed by atoms with Gasteiger partial charge in [0.1, 0.15) is 11.4 Å². The number of likely N-dealkylation sites (tertiary alicyclic amines) is 1. The molecule has 1 fully saturated rings. The lowest BCUT2D eigenvalue weighted by atomic mass is 10.1. The van der Waals surface area contributed by atoms with Crippen molar-refractivity contribution >= 4 is 11.9 Å². The quantitative estimate of drug-likeness (QED) is 0.808. The molecule has 3 atom stereocenters. The fourth-order valence-electron chi connectivity index (χ4n) is 2.65. The van der Waals surface area contributed by atoms with Crippen LogP contribution >= 0.6 is 0 Å². The standard InChI is InChI=1S/C15H22N2O5/c1-15(2,3)22-14(20)9-6-7-17(12(9)16)11(13(18)19)10-5-4-8-21-10/h4-5,8-9,11-12H,6-7,16H2,1-3H3,(H,18,19)/t9-,11+,12+/m0/s1. The van der Waals surface area contributed by atoms with Gasteiger partial charge in [0, 0.05) is 6.54 Å². The van der Waals surface area contributed by atoms with E-state index in [4.69, 9.17) is 14.9 Å². The highest BCUT2D eigenvalue weighted by atomic mass is 16.6. The molecule has 7 nitrogen and oxygen atoms in total. The second kappa shape index (κ2) is 6.10. The zero-order valence-electron chi connectivity index (χ0n) is 13.0. The number of carboxylic acid groups (broad SMARTS) is 1. The summed E-state index contributed by atoms with van der Waals surface area (Å²) in [6.45, 7) is 5.74. The van der Waals surface area contributed by atoms with Crippen molar-refractivity contribution in [2.75, 3.05) is 6.54 Å². The summed E-state index contributed by atoms with van der Waals surface area (Å²) >= 11 is 0. The highest BCUT2D eigenvalue weighted by Gasteiger charge is 2.44. The van der Waals surface area contributed by atoms with Gasteiger partial charge in [-0.3, -0.25) is 14.5 Å². The summed E-state index contributed by atoms with van der Waals surface area (Å²) < 4.78 is 10.6. The molecule has 0 aromatic carbocycles. The third-order valence-corrected chi connectivity index (χ3v) is 3.58. The van der Waals surface area contributed by atoms with E-state index in [9.17, 15) is 14.7 Å². The van der Waals surface area contributed by atoms with Crippen molar-refractivity contribution in [3.8, 4) is 0 Å². The van der Waals surface area contributed by atoms with Gasteiger partial charge in [-0.15, -0.1) is 0 Å². The van der Waals surface area contributed by atoms with Crippen molar-refractivity contribution in [1.29, 1.82) is 0 Å². The van der Waals surface area contributed by atoms with E-state index >= 15 is 0 Å². The number of carbonyl (C=O) groups is 2. The van der Waals surface area contributed by atoms with E-state index in [1.54, 1.807) is 37.8 Å². The van der Waals surface area contributed by atoms with E-state index in [2.05, 4.69) is 0 Å². The van der Waals surface area contributed by atoms with E-state index in [1.165, 1.54) is 6.26 Å². The lowest BCUT2D eigenvalue weighted by Gasteiger charge is -2.29. The average Bonchev–Trinajstić information content (AvgIpc) is 2.99. The number of rotatable bonds is 4. The second-order valence-corrected chi connectivity index (χ2v) is 6.41. The zero-order chi connectivity index (χ0) is 16.5. The number of furan rings is 1. The minimum atomic E-state index is -1.06. The van der Waals surface area contributed by atoms with Crippen LogP contribution in [0.3, 0.4) is 0 Å². The molecule has 1 aliphatic heterocycles. The molecule has 3 N–H and O–H groups in total. The van der Waals surface area contributed by atoms with Crippen LogP contribution in [0.15, 0.2) is 22.8 Å². The maximum atomic E-state index is 12.2. The third-order valence-electron chi connectivity index (χ3n) is 3.58. The van der Waals surface area contributed by atoms with Crippen molar-refractivity contribution in [1.82, 2.24) is 4.90 Å². The molecule has 1 saturated heterocycles. The van der Waals surface area contributed by atoms with Crippen molar-refractivity contribution in [2.24, 2.45) is 11.7 Å². The topological polar surface area (TPSA) is 106 Å².